The predicted octanol–water partition coefficient (Wildman–Crippen LogP) is 5.01. The third-order valence-electron chi connectivity index (χ3n) is 4.51. The average Bonchev–Trinajstić information content (AvgIpc) is 2.44. The molecule has 1 N–H and O–H groups in total. The molecule has 1 rings (SSSR count). The first-order valence-electron chi connectivity index (χ1n) is 8.76. The van der Waals surface area contributed by atoms with Crippen LogP contribution in [0.2, 0.25) is 0 Å². The number of ether oxygens (including phenoxy) is 1. The minimum atomic E-state index is -0.393. The molecule has 0 aromatic rings. The number of hydrogen-bond donors (Lipinski definition) is 1. The maximum atomic E-state index is 10.5. The lowest BCUT2D eigenvalue weighted by atomic mass is 9.82. The third kappa shape index (κ3) is 5.29. The van der Waals surface area contributed by atoms with Crippen LogP contribution in [0.3, 0.4) is 0 Å². The second kappa shape index (κ2) is 8.78. The van der Waals surface area contributed by atoms with Crippen molar-refractivity contribution in [1.29, 1.82) is 0 Å². The van der Waals surface area contributed by atoms with E-state index in [4.69, 9.17) is 4.74 Å². The van der Waals surface area contributed by atoms with E-state index in [-0.39, 0.29) is 5.60 Å². The summed E-state index contributed by atoms with van der Waals surface area (Å²) < 4.78 is 6.06. The molecule has 0 radical (unpaired) electrons. The Balaban J connectivity index is 3.16. The molecule has 0 saturated carbocycles. The summed E-state index contributed by atoms with van der Waals surface area (Å²) >= 11 is 0. The highest BCUT2D eigenvalue weighted by molar-refractivity contribution is 5.25. The molecule has 0 aliphatic carbocycles. The van der Waals surface area contributed by atoms with Crippen LogP contribution in [0, 0.1) is 5.92 Å². The van der Waals surface area contributed by atoms with E-state index >= 15 is 0 Å². The van der Waals surface area contributed by atoms with E-state index in [1.165, 1.54) is 18.4 Å². The largest absolute Gasteiger partial charge is 0.388 e. The zero-order valence-electron chi connectivity index (χ0n) is 14.7. The number of hydrogen-bond acceptors (Lipinski definition) is 2. The SMILES string of the molecule is CCCCC(=C=C1[C@@H](O)CCO[C@]1(C)CCCC)C(C)C. The first kappa shape index (κ1) is 18.5. The van der Waals surface area contributed by atoms with Crippen LogP contribution < -0.4 is 0 Å². The molecule has 1 aliphatic rings. The van der Waals surface area contributed by atoms with Crippen LogP contribution in [0.25, 0.3) is 0 Å². The Bertz CT molecular complexity index is 377. The van der Waals surface area contributed by atoms with Crippen molar-refractivity contribution in [2.45, 2.75) is 91.3 Å². The van der Waals surface area contributed by atoms with Crippen LogP contribution >= 0.6 is 0 Å². The van der Waals surface area contributed by atoms with E-state index in [2.05, 4.69) is 40.3 Å². The van der Waals surface area contributed by atoms with Gasteiger partial charge in [0.25, 0.3) is 0 Å². The molecule has 0 aromatic heterocycles. The zero-order valence-corrected chi connectivity index (χ0v) is 14.7. The second-order valence-corrected chi connectivity index (χ2v) is 6.81. The van der Waals surface area contributed by atoms with Gasteiger partial charge in [0.1, 0.15) is 0 Å². The Morgan fingerprint density at radius 2 is 2.00 bits per heavy atom. The Morgan fingerprint density at radius 1 is 1.33 bits per heavy atom. The zero-order chi connectivity index (χ0) is 15.9. The monoisotopic (exact) mass is 294 g/mol. The summed E-state index contributed by atoms with van der Waals surface area (Å²) in [5.41, 5.74) is 5.58. The van der Waals surface area contributed by atoms with Crippen molar-refractivity contribution in [2.75, 3.05) is 6.61 Å². The Hall–Kier alpha value is -0.560. The Morgan fingerprint density at radius 3 is 2.57 bits per heavy atom. The van der Waals surface area contributed by atoms with Gasteiger partial charge in [-0.3, -0.25) is 0 Å². The van der Waals surface area contributed by atoms with Crippen molar-refractivity contribution in [3.63, 3.8) is 0 Å². The minimum Gasteiger partial charge on any atom is -0.388 e. The summed E-state index contributed by atoms with van der Waals surface area (Å²) in [6, 6.07) is 0. The molecule has 122 valence electrons. The maximum Gasteiger partial charge on any atom is 0.0962 e. The molecule has 0 bridgehead atoms. The van der Waals surface area contributed by atoms with E-state index in [0.717, 1.165) is 31.3 Å². The highest BCUT2D eigenvalue weighted by Gasteiger charge is 2.37. The lowest BCUT2D eigenvalue weighted by molar-refractivity contribution is -0.0650. The first-order valence-corrected chi connectivity index (χ1v) is 8.76. The molecule has 1 fully saturated rings. The quantitative estimate of drug-likeness (QED) is 0.668. The van der Waals surface area contributed by atoms with Gasteiger partial charge in [-0.25, -0.2) is 0 Å². The van der Waals surface area contributed by atoms with E-state index in [0.29, 0.717) is 18.9 Å². The molecular formula is C19H34O2. The van der Waals surface area contributed by atoms with Gasteiger partial charge in [-0.1, -0.05) is 47.0 Å². The van der Waals surface area contributed by atoms with Gasteiger partial charge in [0.05, 0.1) is 18.3 Å². The Kier molecular flexibility index (Phi) is 7.73. The van der Waals surface area contributed by atoms with Crippen LogP contribution in [0.5, 0.6) is 0 Å². The molecular weight excluding hydrogens is 260 g/mol. The standard InChI is InChI=1S/C19H34O2/c1-6-8-10-16(15(3)4)14-17-18(20)11-13-21-19(17,5)12-9-7-2/h15,18,20H,6-13H2,1-5H3/t14?,18-,19+/m0/s1. The van der Waals surface area contributed by atoms with Crippen molar-refractivity contribution >= 4 is 0 Å². The van der Waals surface area contributed by atoms with E-state index in [1.807, 2.05) is 0 Å². The van der Waals surface area contributed by atoms with Crippen LogP contribution in [0.4, 0.5) is 0 Å². The molecule has 1 heterocycles. The van der Waals surface area contributed by atoms with Gasteiger partial charge in [-0.2, -0.15) is 0 Å². The molecule has 0 aromatic carbocycles. The fourth-order valence-electron chi connectivity index (χ4n) is 2.94. The number of aliphatic hydroxyl groups excluding tert-OH is 1. The van der Waals surface area contributed by atoms with Gasteiger partial charge in [0.15, 0.2) is 0 Å². The van der Waals surface area contributed by atoms with Crippen molar-refractivity contribution < 1.29 is 9.84 Å². The highest BCUT2D eigenvalue weighted by Crippen LogP contribution is 2.35. The highest BCUT2D eigenvalue weighted by atomic mass is 16.5. The van der Waals surface area contributed by atoms with Gasteiger partial charge in [0.2, 0.25) is 0 Å². The molecule has 0 spiro atoms. The van der Waals surface area contributed by atoms with Crippen LogP contribution in [0.1, 0.15) is 79.6 Å². The van der Waals surface area contributed by atoms with E-state index in [1.54, 1.807) is 0 Å². The predicted molar refractivity (Wildman–Crippen MR) is 89.4 cm³/mol. The normalized spacial score (nSPS) is 26.0. The fraction of sp³-hybridized carbons (Fsp3) is 0.842. The Labute approximate surface area is 131 Å². The van der Waals surface area contributed by atoms with Gasteiger partial charge in [-0.05, 0) is 37.7 Å². The van der Waals surface area contributed by atoms with Gasteiger partial charge in [-0.15, -0.1) is 5.73 Å². The summed E-state index contributed by atoms with van der Waals surface area (Å²) in [5, 5.41) is 10.5. The summed E-state index contributed by atoms with van der Waals surface area (Å²) in [5.74, 6) is 0.480. The lowest BCUT2D eigenvalue weighted by Crippen LogP contribution is -2.42. The second-order valence-electron chi connectivity index (χ2n) is 6.81. The molecule has 1 aliphatic heterocycles. The van der Waals surface area contributed by atoms with Crippen LogP contribution in [0.15, 0.2) is 16.9 Å². The summed E-state index contributed by atoms with van der Waals surface area (Å²) in [6.07, 6.45) is 7.02. The van der Waals surface area contributed by atoms with Crippen molar-refractivity contribution in [3.8, 4) is 0 Å². The maximum absolute atomic E-state index is 10.5. The minimum absolute atomic E-state index is 0.333. The first-order chi connectivity index (χ1) is 9.94. The topological polar surface area (TPSA) is 29.5 Å². The lowest BCUT2D eigenvalue weighted by Gasteiger charge is -2.38. The molecule has 2 atom stereocenters. The molecule has 2 heteroatoms. The number of aliphatic hydroxyl groups is 1. The van der Waals surface area contributed by atoms with Crippen molar-refractivity contribution in [3.05, 3.63) is 16.9 Å². The van der Waals surface area contributed by atoms with Crippen molar-refractivity contribution in [2.24, 2.45) is 5.92 Å². The molecule has 2 nitrogen and oxygen atoms in total. The third-order valence-corrected chi connectivity index (χ3v) is 4.51. The average molecular weight is 294 g/mol. The van der Waals surface area contributed by atoms with Crippen LogP contribution in [-0.4, -0.2) is 23.4 Å². The van der Waals surface area contributed by atoms with Gasteiger partial charge >= 0.3 is 0 Å². The van der Waals surface area contributed by atoms with Gasteiger partial charge < -0.3 is 9.84 Å². The number of rotatable bonds is 7. The smallest absolute Gasteiger partial charge is 0.0962 e. The summed E-state index contributed by atoms with van der Waals surface area (Å²) in [4.78, 5) is 0. The number of unbranched alkanes of at least 4 members (excludes halogenated alkanes) is 2. The molecule has 0 unspecified atom stereocenters. The fourth-order valence-corrected chi connectivity index (χ4v) is 2.94. The molecule has 1 saturated heterocycles. The summed E-state index contributed by atoms with van der Waals surface area (Å²) in [6.45, 7) is 11.6. The van der Waals surface area contributed by atoms with Crippen molar-refractivity contribution in [1.82, 2.24) is 0 Å². The van der Waals surface area contributed by atoms with E-state index < -0.39 is 6.10 Å². The molecule has 0 amide bonds. The van der Waals surface area contributed by atoms with E-state index in [9.17, 15) is 5.11 Å². The summed E-state index contributed by atoms with van der Waals surface area (Å²) in [7, 11) is 0. The molecule has 21 heavy (non-hydrogen) atoms. The van der Waals surface area contributed by atoms with Gasteiger partial charge in [0, 0.05) is 12.0 Å². The van der Waals surface area contributed by atoms with Crippen LogP contribution in [-0.2, 0) is 4.74 Å².